The van der Waals surface area contributed by atoms with Gasteiger partial charge in [0.05, 0.1) is 16.1 Å². The van der Waals surface area contributed by atoms with Gasteiger partial charge in [-0.2, -0.15) is 13.2 Å². The molecule has 0 spiro atoms. The molecule has 2 aromatic carbocycles. The molecule has 0 unspecified atom stereocenters. The van der Waals surface area contributed by atoms with E-state index in [9.17, 15) is 26.4 Å². The lowest BCUT2D eigenvalue weighted by molar-refractivity contribution is -0.137. The van der Waals surface area contributed by atoms with Crippen molar-refractivity contribution in [3.63, 3.8) is 0 Å². The zero-order valence-corrected chi connectivity index (χ0v) is 14.6. The number of benzene rings is 2. The van der Waals surface area contributed by atoms with Crippen LogP contribution in [0, 0.1) is 6.92 Å². The molecule has 0 aromatic heterocycles. The monoisotopic (exact) mass is 386 g/mol. The maximum Gasteiger partial charge on any atom is 0.418 e. The molecule has 140 valence electrons. The number of para-hydroxylation sites is 1. The summed E-state index contributed by atoms with van der Waals surface area (Å²) in [7, 11) is -3.79. The minimum atomic E-state index is -4.60. The van der Waals surface area contributed by atoms with Crippen molar-refractivity contribution in [2.75, 3.05) is 11.9 Å². The number of sulfonamides is 1. The number of anilines is 1. The Labute approximate surface area is 149 Å². The van der Waals surface area contributed by atoms with Gasteiger partial charge in [-0.1, -0.05) is 29.8 Å². The van der Waals surface area contributed by atoms with Gasteiger partial charge in [0.2, 0.25) is 15.9 Å². The second kappa shape index (κ2) is 7.88. The minimum Gasteiger partial charge on any atom is -0.325 e. The van der Waals surface area contributed by atoms with Crippen molar-refractivity contribution in [3.05, 3.63) is 59.7 Å². The molecule has 2 aromatic rings. The maximum absolute atomic E-state index is 12.9. The molecule has 0 heterocycles. The first-order valence-electron chi connectivity index (χ1n) is 7.62. The van der Waals surface area contributed by atoms with Crippen LogP contribution >= 0.6 is 0 Å². The lowest BCUT2D eigenvalue weighted by atomic mass is 10.1. The van der Waals surface area contributed by atoms with Gasteiger partial charge in [-0.3, -0.25) is 4.79 Å². The summed E-state index contributed by atoms with van der Waals surface area (Å²) in [5, 5.41) is 2.16. The smallest absolute Gasteiger partial charge is 0.325 e. The Morgan fingerprint density at radius 1 is 1.04 bits per heavy atom. The predicted molar refractivity (Wildman–Crippen MR) is 91.1 cm³/mol. The van der Waals surface area contributed by atoms with Gasteiger partial charge < -0.3 is 5.32 Å². The summed E-state index contributed by atoms with van der Waals surface area (Å²) in [5.41, 5.74) is -0.438. The van der Waals surface area contributed by atoms with E-state index in [4.69, 9.17) is 0 Å². The molecule has 5 nitrogen and oxygen atoms in total. The molecule has 0 radical (unpaired) electrons. The molecule has 2 N–H and O–H groups in total. The second-order valence-electron chi connectivity index (χ2n) is 5.55. The van der Waals surface area contributed by atoms with Crippen LogP contribution in [-0.2, 0) is 21.0 Å². The Kier molecular flexibility index (Phi) is 6.04. The molecule has 2 rings (SSSR count). The molecule has 0 saturated heterocycles. The number of rotatable bonds is 6. The largest absolute Gasteiger partial charge is 0.418 e. The van der Waals surface area contributed by atoms with Gasteiger partial charge in [-0.05, 0) is 31.2 Å². The van der Waals surface area contributed by atoms with Gasteiger partial charge in [0.15, 0.2) is 0 Å². The van der Waals surface area contributed by atoms with Crippen LogP contribution in [-0.4, -0.2) is 20.9 Å². The number of alkyl halides is 3. The molecule has 1 amide bonds. The summed E-state index contributed by atoms with van der Waals surface area (Å²) >= 11 is 0. The van der Waals surface area contributed by atoms with Crippen LogP contribution in [0.1, 0.15) is 17.5 Å². The first kappa shape index (κ1) is 19.9. The minimum absolute atomic E-state index is 0.0472. The van der Waals surface area contributed by atoms with Crippen molar-refractivity contribution in [1.29, 1.82) is 0 Å². The highest BCUT2D eigenvalue weighted by atomic mass is 32.2. The number of halogens is 3. The third-order valence-electron chi connectivity index (χ3n) is 3.48. The second-order valence-corrected chi connectivity index (χ2v) is 7.32. The molecule has 9 heteroatoms. The van der Waals surface area contributed by atoms with Crippen LogP contribution in [0.25, 0.3) is 0 Å². The van der Waals surface area contributed by atoms with Crippen molar-refractivity contribution in [3.8, 4) is 0 Å². The molecule has 0 aliphatic carbocycles. The zero-order valence-electron chi connectivity index (χ0n) is 13.8. The summed E-state index contributed by atoms with van der Waals surface area (Å²) in [6.45, 7) is 1.57. The lowest BCUT2D eigenvalue weighted by Crippen LogP contribution is -2.28. The van der Waals surface area contributed by atoms with Crippen LogP contribution in [0.5, 0.6) is 0 Å². The van der Waals surface area contributed by atoms with Gasteiger partial charge in [0.25, 0.3) is 0 Å². The normalized spacial score (nSPS) is 12.0. The molecule has 0 saturated carbocycles. The van der Waals surface area contributed by atoms with Crippen LogP contribution in [0.4, 0.5) is 18.9 Å². The Bertz CT molecular complexity index is 879. The third kappa shape index (κ3) is 5.30. The standard InChI is InChI=1S/C17H17F3N2O3S/c1-12-6-8-13(9-7-12)26(24,25)21-11-10-16(23)22-15-5-3-2-4-14(15)17(18,19)20/h2-9,21H,10-11H2,1H3,(H,22,23). The highest BCUT2D eigenvalue weighted by Gasteiger charge is 2.33. The fourth-order valence-electron chi connectivity index (χ4n) is 2.15. The van der Waals surface area contributed by atoms with Crippen molar-refractivity contribution < 1.29 is 26.4 Å². The van der Waals surface area contributed by atoms with E-state index >= 15 is 0 Å². The number of carbonyl (C=O) groups is 1. The molecule has 0 atom stereocenters. The van der Waals surface area contributed by atoms with E-state index < -0.39 is 27.7 Å². The summed E-state index contributed by atoms with van der Waals surface area (Å²) < 4.78 is 65.0. The molecule has 0 fully saturated rings. The molecule has 26 heavy (non-hydrogen) atoms. The first-order valence-corrected chi connectivity index (χ1v) is 9.10. The summed E-state index contributed by atoms with van der Waals surface area (Å²) in [5.74, 6) is -0.728. The Morgan fingerprint density at radius 2 is 1.65 bits per heavy atom. The number of nitrogens with one attached hydrogen (secondary N) is 2. The zero-order chi connectivity index (χ0) is 19.4. The van der Waals surface area contributed by atoms with Crippen LogP contribution < -0.4 is 10.0 Å². The fourth-order valence-corrected chi connectivity index (χ4v) is 3.18. The average molecular weight is 386 g/mol. The van der Waals surface area contributed by atoms with E-state index in [0.717, 1.165) is 17.7 Å². The predicted octanol–water partition coefficient (Wildman–Crippen LogP) is 3.32. The van der Waals surface area contributed by atoms with Crippen molar-refractivity contribution in [2.24, 2.45) is 0 Å². The van der Waals surface area contributed by atoms with Gasteiger partial charge >= 0.3 is 6.18 Å². The number of amides is 1. The van der Waals surface area contributed by atoms with Gasteiger partial charge in [0, 0.05) is 13.0 Å². The third-order valence-corrected chi connectivity index (χ3v) is 4.96. The number of hydrogen-bond acceptors (Lipinski definition) is 3. The number of aryl methyl sites for hydroxylation is 1. The van der Waals surface area contributed by atoms with Crippen LogP contribution in [0.2, 0.25) is 0 Å². The van der Waals surface area contributed by atoms with E-state index in [0.29, 0.717) is 0 Å². The van der Waals surface area contributed by atoms with E-state index in [1.54, 1.807) is 12.1 Å². The lowest BCUT2D eigenvalue weighted by Gasteiger charge is -2.13. The summed E-state index contributed by atoms with van der Waals surface area (Å²) in [4.78, 5) is 11.9. The van der Waals surface area contributed by atoms with Crippen LogP contribution in [0.15, 0.2) is 53.4 Å². The van der Waals surface area contributed by atoms with Gasteiger partial charge in [-0.25, -0.2) is 13.1 Å². The SMILES string of the molecule is Cc1ccc(S(=O)(=O)NCCC(=O)Nc2ccccc2C(F)(F)F)cc1. The molecular formula is C17H17F3N2O3S. The van der Waals surface area contributed by atoms with E-state index in [1.165, 1.54) is 24.3 Å². The molecule has 0 aliphatic heterocycles. The first-order chi connectivity index (χ1) is 12.1. The highest BCUT2D eigenvalue weighted by Crippen LogP contribution is 2.34. The highest BCUT2D eigenvalue weighted by molar-refractivity contribution is 7.89. The van der Waals surface area contributed by atoms with Crippen molar-refractivity contribution >= 4 is 21.6 Å². The topological polar surface area (TPSA) is 75.3 Å². The molecular weight excluding hydrogens is 369 g/mol. The Hall–Kier alpha value is -2.39. The van der Waals surface area contributed by atoms with E-state index in [2.05, 4.69) is 10.0 Å². The molecule has 0 aliphatic rings. The van der Waals surface area contributed by atoms with Gasteiger partial charge in [-0.15, -0.1) is 0 Å². The van der Waals surface area contributed by atoms with Crippen LogP contribution in [0.3, 0.4) is 0 Å². The van der Waals surface area contributed by atoms with Crippen molar-refractivity contribution in [1.82, 2.24) is 4.72 Å². The summed E-state index contributed by atoms with van der Waals surface area (Å²) in [6.07, 6.45) is -4.91. The Balaban J connectivity index is 1.95. The van der Waals surface area contributed by atoms with E-state index in [1.807, 2.05) is 6.92 Å². The van der Waals surface area contributed by atoms with Gasteiger partial charge in [0.1, 0.15) is 0 Å². The summed E-state index contributed by atoms with van der Waals surface area (Å²) in [6, 6.07) is 10.7. The maximum atomic E-state index is 12.9. The number of carbonyl (C=O) groups excluding carboxylic acids is 1. The average Bonchev–Trinajstić information content (AvgIpc) is 2.54. The molecule has 0 bridgehead atoms. The van der Waals surface area contributed by atoms with E-state index in [-0.39, 0.29) is 23.5 Å². The number of hydrogen-bond donors (Lipinski definition) is 2. The van der Waals surface area contributed by atoms with Crippen molar-refractivity contribution in [2.45, 2.75) is 24.4 Å². The quantitative estimate of drug-likeness (QED) is 0.800. The Morgan fingerprint density at radius 3 is 2.27 bits per heavy atom. The fraction of sp³-hybridized carbons (Fsp3) is 0.235.